The van der Waals surface area contributed by atoms with Gasteiger partial charge in [-0.2, -0.15) is 0 Å². The summed E-state index contributed by atoms with van der Waals surface area (Å²) in [7, 11) is 0. The summed E-state index contributed by atoms with van der Waals surface area (Å²) in [6.07, 6.45) is -2.01. The van der Waals surface area contributed by atoms with E-state index in [0.29, 0.717) is 0 Å². The van der Waals surface area contributed by atoms with Gasteiger partial charge in [0.1, 0.15) is 5.75 Å². The normalized spacial score (nSPS) is 17.5. The summed E-state index contributed by atoms with van der Waals surface area (Å²) < 4.78 is 0. The molecule has 0 bridgehead atoms. The van der Waals surface area contributed by atoms with Crippen LogP contribution in [0.2, 0.25) is 0 Å². The van der Waals surface area contributed by atoms with Gasteiger partial charge in [0.2, 0.25) is 0 Å². The lowest BCUT2D eigenvalue weighted by Gasteiger charge is -2.37. The number of phenolic OH excluding ortho intramolecular Hbond substituents is 1. The number of rotatable bonds is 5. The molecule has 0 aliphatic carbocycles. The van der Waals surface area contributed by atoms with Gasteiger partial charge in [0, 0.05) is 0 Å². The van der Waals surface area contributed by atoms with Crippen molar-refractivity contribution in [1.29, 1.82) is 0 Å². The first kappa shape index (κ1) is 23.0. The fourth-order valence-electron chi connectivity index (χ4n) is 3.35. The zero-order chi connectivity index (χ0) is 20.7. The molecule has 1 aromatic rings. The Bertz CT molecular complexity index is 621. The molecule has 1 aromatic carbocycles. The van der Waals surface area contributed by atoms with Crippen LogP contribution in [0.1, 0.15) is 72.1 Å². The highest BCUT2D eigenvalue weighted by atomic mass is 32.1. The SMILES string of the molecule is CC(O)C(Cc1cc(C(C)(C)C)c(O)c(C(C)(C)C)c1)(C(=O)S)C(C)O. The maximum atomic E-state index is 12.3. The third-order valence-electron chi connectivity index (χ3n) is 5.17. The molecule has 0 fully saturated rings. The Hall–Kier alpha value is -1.04. The molecule has 0 aromatic heterocycles. The number of carbonyl (C=O) groups is 1. The summed E-state index contributed by atoms with van der Waals surface area (Å²) in [5, 5.41) is 30.9. The van der Waals surface area contributed by atoms with E-state index < -0.39 is 22.7 Å². The van der Waals surface area contributed by atoms with E-state index in [2.05, 4.69) is 12.6 Å². The number of aliphatic hydroxyl groups excluding tert-OH is 2. The molecule has 0 aliphatic rings. The van der Waals surface area contributed by atoms with Crippen LogP contribution in [0.15, 0.2) is 12.1 Å². The second-order valence-electron chi connectivity index (χ2n) is 9.41. The van der Waals surface area contributed by atoms with Crippen LogP contribution in [-0.2, 0) is 22.0 Å². The molecule has 3 N–H and O–H groups in total. The van der Waals surface area contributed by atoms with Crippen LogP contribution < -0.4 is 0 Å². The summed E-state index contributed by atoms with van der Waals surface area (Å²) in [5.41, 5.74) is 0.312. The Labute approximate surface area is 163 Å². The zero-order valence-electron chi connectivity index (χ0n) is 17.2. The Morgan fingerprint density at radius 2 is 1.31 bits per heavy atom. The molecule has 1 rings (SSSR count). The van der Waals surface area contributed by atoms with Crippen molar-refractivity contribution in [1.82, 2.24) is 0 Å². The van der Waals surface area contributed by atoms with Gasteiger partial charge in [-0.3, -0.25) is 4.79 Å². The van der Waals surface area contributed by atoms with Crippen molar-refractivity contribution in [2.24, 2.45) is 5.41 Å². The Kier molecular flexibility index (Phi) is 6.66. The van der Waals surface area contributed by atoms with Crippen molar-refractivity contribution in [3.8, 4) is 5.75 Å². The Morgan fingerprint density at radius 3 is 1.54 bits per heavy atom. The van der Waals surface area contributed by atoms with Crippen molar-refractivity contribution in [3.05, 3.63) is 28.8 Å². The molecule has 4 nitrogen and oxygen atoms in total. The minimum atomic E-state index is -1.41. The highest BCUT2D eigenvalue weighted by Gasteiger charge is 2.46. The van der Waals surface area contributed by atoms with Gasteiger partial charge in [0.05, 0.1) is 17.6 Å². The molecule has 2 unspecified atom stereocenters. The van der Waals surface area contributed by atoms with Crippen LogP contribution in [-0.4, -0.2) is 32.6 Å². The van der Waals surface area contributed by atoms with E-state index in [0.717, 1.165) is 16.7 Å². The van der Waals surface area contributed by atoms with Crippen LogP contribution in [0, 0.1) is 5.41 Å². The molecule has 26 heavy (non-hydrogen) atoms. The van der Waals surface area contributed by atoms with Gasteiger partial charge in [0.15, 0.2) is 5.12 Å². The number of carbonyl (C=O) groups excluding carboxylic acids is 1. The smallest absolute Gasteiger partial charge is 0.197 e. The van der Waals surface area contributed by atoms with Crippen molar-refractivity contribution >= 4 is 17.7 Å². The zero-order valence-corrected chi connectivity index (χ0v) is 18.1. The average molecular weight is 383 g/mol. The fraction of sp³-hybridized carbons (Fsp3) is 0.667. The quantitative estimate of drug-likeness (QED) is 0.585. The van der Waals surface area contributed by atoms with E-state index in [1.807, 2.05) is 53.7 Å². The molecule has 0 heterocycles. The molecule has 0 amide bonds. The Balaban J connectivity index is 3.70. The lowest BCUT2D eigenvalue weighted by molar-refractivity contribution is -0.135. The van der Waals surface area contributed by atoms with Gasteiger partial charge in [-0.25, -0.2) is 0 Å². The molecular formula is C21H34O4S. The molecular weight excluding hydrogens is 348 g/mol. The van der Waals surface area contributed by atoms with E-state index >= 15 is 0 Å². The topological polar surface area (TPSA) is 77.8 Å². The summed E-state index contributed by atoms with van der Waals surface area (Å²) in [6, 6.07) is 3.72. The summed E-state index contributed by atoms with van der Waals surface area (Å²) in [4.78, 5) is 12.3. The van der Waals surface area contributed by atoms with E-state index in [1.54, 1.807) is 0 Å². The maximum absolute atomic E-state index is 12.3. The minimum absolute atomic E-state index is 0.136. The lowest BCUT2D eigenvalue weighted by atomic mass is 9.72. The van der Waals surface area contributed by atoms with Crippen LogP contribution in [0.25, 0.3) is 0 Å². The third-order valence-corrected chi connectivity index (χ3v) is 5.59. The Morgan fingerprint density at radius 1 is 0.962 bits per heavy atom. The van der Waals surface area contributed by atoms with Gasteiger partial charge < -0.3 is 15.3 Å². The van der Waals surface area contributed by atoms with Crippen LogP contribution in [0.5, 0.6) is 5.75 Å². The van der Waals surface area contributed by atoms with Gasteiger partial charge >= 0.3 is 0 Å². The number of aliphatic hydroxyl groups is 2. The van der Waals surface area contributed by atoms with E-state index in [4.69, 9.17) is 0 Å². The van der Waals surface area contributed by atoms with Crippen LogP contribution >= 0.6 is 12.6 Å². The first-order valence-electron chi connectivity index (χ1n) is 9.01. The minimum Gasteiger partial charge on any atom is -0.507 e. The molecule has 0 radical (unpaired) electrons. The predicted octanol–water partition coefficient (Wildman–Crippen LogP) is 3.73. The molecule has 0 saturated carbocycles. The van der Waals surface area contributed by atoms with Crippen LogP contribution in [0.4, 0.5) is 0 Å². The lowest BCUT2D eigenvalue weighted by Crippen LogP contribution is -2.49. The standard InChI is InChI=1S/C21H34O4S/c1-12(22)21(13(2)23,18(25)26)11-14-9-15(19(3,4)5)17(24)16(10-14)20(6,7)8/h9-10,12-13,22-24H,11H2,1-8H3,(H,25,26). The number of benzene rings is 1. The van der Waals surface area contributed by atoms with Gasteiger partial charge in [-0.05, 0) is 47.8 Å². The molecule has 0 aliphatic heterocycles. The van der Waals surface area contributed by atoms with Gasteiger partial charge in [0.25, 0.3) is 0 Å². The van der Waals surface area contributed by atoms with Gasteiger partial charge in [-0.1, -0.05) is 53.7 Å². The number of phenols is 1. The molecule has 0 saturated heterocycles. The highest BCUT2D eigenvalue weighted by Crippen LogP contribution is 2.42. The summed E-state index contributed by atoms with van der Waals surface area (Å²) in [6.45, 7) is 15.1. The maximum Gasteiger partial charge on any atom is 0.197 e. The van der Waals surface area contributed by atoms with E-state index in [1.165, 1.54) is 13.8 Å². The largest absolute Gasteiger partial charge is 0.507 e. The number of hydrogen-bond acceptors (Lipinski definition) is 4. The fourth-order valence-corrected chi connectivity index (χ4v) is 3.81. The summed E-state index contributed by atoms with van der Waals surface area (Å²) >= 11 is 3.97. The van der Waals surface area contributed by atoms with Crippen molar-refractivity contribution in [2.45, 2.75) is 84.8 Å². The monoisotopic (exact) mass is 382 g/mol. The second kappa shape index (κ2) is 7.53. The average Bonchev–Trinajstić information content (AvgIpc) is 2.42. The molecule has 148 valence electrons. The third kappa shape index (κ3) is 4.44. The first-order valence-corrected chi connectivity index (χ1v) is 9.46. The predicted molar refractivity (Wildman–Crippen MR) is 109 cm³/mol. The first-order chi connectivity index (χ1) is 11.5. The molecule has 5 heteroatoms. The van der Waals surface area contributed by atoms with Crippen LogP contribution in [0.3, 0.4) is 0 Å². The number of thiol groups is 1. The highest BCUT2D eigenvalue weighted by molar-refractivity contribution is 7.96. The van der Waals surface area contributed by atoms with Crippen molar-refractivity contribution in [3.63, 3.8) is 0 Å². The van der Waals surface area contributed by atoms with E-state index in [-0.39, 0.29) is 23.0 Å². The van der Waals surface area contributed by atoms with E-state index in [9.17, 15) is 20.1 Å². The second-order valence-corrected chi connectivity index (χ2v) is 9.82. The number of hydrogen-bond donors (Lipinski definition) is 4. The molecule has 0 spiro atoms. The van der Waals surface area contributed by atoms with Crippen molar-refractivity contribution in [2.75, 3.05) is 0 Å². The summed E-state index contributed by atoms with van der Waals surface area (Å²) in [5.74, 6) is 0.255. The van der Waals surface area contributed by atoms with Gasteiger partial charge in [-0.15, -0.1) is 12.6 Å². The van der Waals surface area contributed by atoms with Crippen molar-refractivity contribution < 1.29 is 20.1 Å². The molecule has 2 atom stereocenters. The number of aromatic hydroxyl groups is 1.